The van der Waals surface area contributed by atoms with Crippen LogP contribution >= 0.6 is 11.6 Å². The number of rotatable bonds is 5. The Kier molecular flexibility index (Phi) is 5.04. The summed E-state index contributed by atoms with van der Waals surface area (Å²) in [7, 11) is -3.62. The zero-order valence-corrected chi connectivity index (χ0v) is 12.7. The summed E-state index contributed by atoms with van der Waals surface area (Å²) in [5.74, 6) is 0.192. The van der Waals surface area contributed by atoms with Gasteiger partial charge in [-0.25, -0.2) is 13.1 Å². The number of aliphatic hydroxyl groups excluding tert-OH is 1. The van der Waals surface area contributed by atoms with Gasteiger partial charge in [0.1, 0.15) is 0 Å². The number of aliphatic hydroxyl groups is 1. The van der Waals surface area contributed by atoms with Crippen molar-refractivity contribution in [2.75, 3.05) is 13.2 Å². The van der Waals surface area contributed by atoms with Crippen LogP contribution in [-0.4, -0.2) is 32.8 Å². The molecule has 112 valence electrons. The Morgan fingerprint density at radius 2 is 2.30 bits per heavy atom. The van der Waals surface area contributed by atoms with Gasteiger partial charge >= 0.3 is 0 Å². The first-order chi connectivity index (χ1) is 9.44. The van der Waals surface area contributed by atoms with Gasteiger partial charge in [-0.1, -0.05) is 17.7 Å². The van der Waals surface area contributed by atoms with Crippen molar-refractivity contribution in [2.24, 2.45) is 5.92 Å². The van der Waals surface area contributed by atoms with Crippen molar-refractivity contribution in [2.45, 2.75) is 30.9 Å². The standard InChI is InChI=1S/C13H18ClNO4S/c1-9(11-4-5-19-8-11)15-20(17,18)12-3-2-10(7-16)13(14)6-12/h2-3,6,9,11,15-16H,4-5,7-8H2,1H3. The van der Waals surface area contributed by atoms with Crippen LogP contribution in [0.25, 0.3) is 0 Å². The van der Waals surface area contributed by atoms with Crippen LogP contribution in [-0.2, 0) is 21.4 Å². The van der Waals surface area contributed by atoms with Crippen molar-refractivity contribution < 1.29 is 18.3 Å². The van der Waals surface area contributed by atoms with E-state index in [2.05, 4.69) is 4.72 Å². The summed E-state index contributed by atoms with van der Waals surface area (Å²) in [6, 6.07) is 4.12. The van der Waals surface area contributed by atoms with Gasteiger partial charge in [0.15, 0.2) is 0 Å². The molecule has 1 aromatic carbocycles. The van der Waals surface area contributed by atoms with E-state index in [0.29, 0.717) is 18.8 Å². The second kappa shape index (κ2) is 6.41. The average Bonchev–Trinajstić information content (AvgIpc) is 2.92. The zero-order valence-electron chi connectivity index (χ0n) is 11.2. The van der Waals surface area contributed by atoms with Crippen molar-refractivity contribution in [1.82, 2.24) is 4.72 Å². The van der Waals surface area contributed by atoms with Crippen LogP contribution in [0.15, 0.2) is 23.1 Å². The molecule has 2 unspecified atom stereocenters. The number of sulfonamides is 1. The molecule has 2 atom stereocenters. The molecule has 0 aliphatic carbocycles. The predicted octanol–water partition coefficient (Wildman–Crippen LogP) is 1.54. The summed E-state index contributed by atoms with van der Waals surface area (Å²) in [6.07, 6.45) is 0.855. The summed E-state index contributed by atoms with van der Waals surface area (Å²) in [5, 5.41) is 9.28. The first kappa shape index (κ1) is 15.7. The summed E-state index contributed by atoms with van der Waals surface area (Å²) in [4.78, 5) is 0.102. The summed E-state index contributed by atoms with van der Waals surface area (Å²) >= 11 is 5.93. The fourth-order valence-electron chi connectivity index (χ4n) is 2.18. The third kappa shape index (κ3) is 3.51. The van der Waals surface area contributed by atoms with Crippen LogP contribution in [0.4, 0.5) is 0 Å². The summed E-state index contributed by atoms with van der Waals surface area (Å²) in [5.41, 5.74) is 0.503. The normalized spacial score (nSPS) is 21.1. The molecular weight excluding hydrogens is 302 g/mol. The molecule has 1 fully saturated rings. The minimum Gasteiger partial charge on any atom is -0.392 e. The van der Waals surface area contributed by atoms with E-state index in [4.69, 9.17) is 21.4 Å². The van der Waals surface area contributed by atoms with Crippen molar-refractivity contribution >= 4 is 21.6 Å². The fraction of sp³-hybridized carbons (Fsp3) is 0.538. The maximum atomic E-state index is 12.3. The van der Waals surface area contributed by atoms with Gasteiger partial charge in [-0.15, -0.1) is 0 Å². The molecule has 1 heterocycles. The fourth-order valence-corrected chi connectivity index (χ4v) is 3.82. The van der Waals surface area contributed by atoms with Crippen LogP contribution in [0.3, 0.4) is 0 Å². The molecular formula is C13H18ClNO4S. The van der Waals surface area contributed by atoms with Gasteiger partial charge in [-0.05, 0) is 31.0 Å². The van der Waals surface area contributed by atoms with Crippen LogP contribution < -0.4 is 4.72 Å². The molecule has 0 saturated carbocycles. The number of hydrogen-bond acceptors (Lipinski definition) is 4. The van der Waals surface area contributed by atoms with Gasteiger partial charge in [0.2, 0.25) is 10.0 Å². The van der Waals surface area contributed by atoms with Crippen LogP contribution in [0.5, 0.6) is 0 Å². The third-order valence-electron chi connectivity index (χ3n) is 3.52. The molecule has 20 heavy (non-hydrogen) atoms. The molecule has 0 aromatic heterocycles. The molecule has 5 nitrogen and oxygen atoms in total. The molecule has 2 N–H and O–H groups in total. The lowest BCUT2D eigenvalue weighted by atomic mass is 10.0. The van der Waals surface area contributed by atoms with E-state index in [1.54, 1.807) is 0 Å². The van der Waals surface area contributed by atoms with E-state index in [-0.39, 0.29) is 28.5 Å². The van der Waals surface area contributed by atoms with Gasteiger partial charge in [0.05, 0.1) is 18.1 Å². The summed E-state index contributed by atoms with van der Waals surface area (Å²) < 4.78 is 32.5. The Hall–Kier alpha value is -0.660. The molecule has 1 aliphatic rings. The molecule has 0 spiro atoms. The predicted molar refractivity (Wildman–Crippen MR) is 76.1 cm³/mol. The van der Waals surface area contributed by atoms with Crippen LogP contribution in [0.2, 0.25) is 5.02 Å². The largest absolute Gasteiger partial charge is 0.392 e. The van der Waals surface area contributed by atoms with E-state index >= 15 is 0 Å². The lowest BCUT2D eigenvalue weighted by Gasteiger charge is -2.19. The van der Waals surface area contributed by atoms with E-state index < -0.39 is 10.0 Å². The molecule has 0 radical (unpaired) electrons. The maximum Gasteiger partial charge on any atom is 0.240 e. The second-order valence-corrected chi connectivity index (χ2v) is 7.07. The lowest BCUT2D eigenvalue weighted by molar-refractivity contribution is 0.180. The average molecular weight is 320 g/mol. The number of nitrogens with one attached hydrogen (secondary N) is 1. The van der Waals surface area contributed by atoms with Gasteiger partial charge < -0.3 is 9.84 Å². The Morgan fingerprint density at radius 1 is 1.55 bits per heavy atom. The van der Waals surface area contributed by atoms with Gasteiger partial charge in [-0.2, -0.15) is 0 Å². The lowest BCUT2D eigenvalue weighted by Crippen LogP contribution is -2.38. The van der Waals surface area contributed by atoms with Crippen molar-refractivity contribution in [3.05, 3.63) is 28.8 Å². The van der Waals surface area contributed by atoms with Crippen molar-refractivity contribution in [3.8, 4) is 0 Å². The molecule has 7 heteroatoms. The minimum atomic E-state index is -3.62. The van der Waals surface area contributed by atoms with E-state index in [0.717, 1.165) is 6.42 Å². The number of ether oxygens (including phenoxy) is 1. The van der Waals surface area contributed by atoms with E-state index in [1.807, 2.05) is 6.92 Å². The van der Waals surface area contributed by atoms with Gasteiger partial charge in [0.25, 0.3) is 0 Å². The van der Waals surface area contributed by atoms with Crippen LogP contribution in [0, 0.1) is 5.92 Å². The van der Waals surface area contributed by atoms with E-state index in [1.165, 1.54) is 18.2 Å². The van der Waals surface area contributed by atoms with Crippen LogP contribution in [0.1, 0.15) is 18.9 Å². The maximum absolute atomic E-state index is 12.3. The molecule has 1 aliphatic heterocycles. The molecule has 1 saturated heterocycles. The Morgan fingerprint density at radius 3 is 2.85 bits per heavy atom. The third-order valence-corrected chi connectivity index (χ3v) is 5.43. The van der Waals surface area contributed by atoms with Crippen molar-refractivity contribution in [1.29, 1.82) is 0 Å². The smallest absolute Gasteiger partial charge is 0.240 e. The summed E-state index contributed by atoms with van der Waals surface area (Å²) in [6.45, 7) is 2.87. The molecule has 0 amide bonds. The molecule has 0 bridgehead atoms. The first-order valence-electron chi connectivity index (χ1n) is 6.43. The number of halogens is 1. The number of benzene rings is 1. The molecule has 2 rings (SSSR count). The SMILES string of the molecule is CC(NS(=O)(=O)c1ccc(CO)c(Cl)c1)C1CCOC1. The van der Waals surface area contributed by atoms with Crippen molar-refractivity contribution in [3.63, 3.8) is 0 Å². The monoisotopic (exact) mass is 319 g/mol. The zero-order chi connectivity index (χ0) is 14.8. The highest BCUT2D eigenvalue weighted by Gasteiger charge is 2.27. The van der Waals surface area contributed by atoms with E-state index in [9.17, 15) is 8.42 Å². The Balaban J connectivity index is 2.15. The minimum absolute atomic E-state index is 0.102. The highest BCUT2D eigenvalue weighted by molar-refractivity contribution is 7.89. The second-order valence-electron chi connectivity index (χ2n) is 4.94. The van der Waals surface area contributed by atoms with Gasteiger partial charge in [-0.3, -0.25) is 0 Å². The quantitative estimate of drug-likeness (QED) is 0.863. The molecule has 1 aromatic rings. The highest BCUT2D eigenvalue weighted by atomic mass is 35.5. The Bertz CT molecular complexity index is 570. The Labute approximate surface area is 124 Å². The topological polar surface area (TPSA) is 75.6 Å². The highest BCUT2D eigenvalue weighted by Crippen LogP contribution is 2.22. The van der Waals surface area contributed by atoms with Gasteiger partial charge in [0, 0.05) is 23.6 Å². The first-order valence-corrected chi connectivity index (χ1v) is 8.29. The number of hydrogen-bond donors (Lipinski definition) is 2.